The van der Waals surface area contributed by atoms with E-state index in [0.717, 1.165) is 13.8 Å². The Morgan fingerprint density at radius 3 is 1.56 bits per heavy atom. The fraction of sp³-hybridized carbons (Fsp3) is 0.444. The topological polar surface area (TPSA) is 149 Å². The van der Waals surface area contributed by atoms with Gasteiger partial charge in [-0.3, -0.25) is 0 Å². The summed E-state index contributed by atoms with van der Waals surface area (Å²) in [6.45, 7) is 2.27. The monoisotopic (exact) mass is 309 g/mol. The quantitative estimate of drug-likeness (QED) is 0.483. The first-order valence-electron chi connectivity index (χ1n) is 4.49. The maximum absolute atomic E-state index is 9.34. The fourth-order valence-electron chi connectivity index (χ4n) is 0.215. The Morgan fingerprint density at radius 1 is 1.17 bits per heavy atom. The summed E-state index contributed by atoms with van der Waals surface area (Å²) in [5.41, 5.74) is 0. The van der Waals surface area contributed by atoms with Crippen molar-refractivity contribution in [2.45, 2.75) is 26.1 Å². The third-order valence-corrected chi connectivity index (χ3v) is 1.09. The summed E-state index contributed by atoms with van der Waals surface area (Å²) in [7, 11) is 0. The third-order valence-electron chi connectivity index (χ3n) is 1.09. The molecule has 9 heteroatoms. The molecular weight excluding hydrogens is 296 g/mol. The molecule has 0 fully saturated rings. The molecule has 0 aliphatic rings. The van der Waals surface area contributed by atoms with Crippen LogP contribution in [0.4, 0.5) is 0 Å². The van der Waals surface area contributed by atoms with Crippen molar-refractivity contribution in [1.82, 2.24) is 9.97 Å². The number of aromatic nitrogens is 2. The van der Waals surface area contributed by atoms with Gasteiger partial charge in [0.15, 0.2) is 0 Å². The molecule has 0 aromatic carbocycles. The maximum Gasteiger partial charge on any atom is 2.00 e. The third kappa shape index (κ3) is 20.1. The molecule has 1 radical (unpaired) electrons. The van der Waals surface area contributed by atoms with Crippen LogP contribution in [-0.2, 0) is 26.7 Å². The predicted octanol–water partition coefficient (Wildman–Crippen LogP) is -3.36. The van der Waals surface area contributed by atoms with E-state index in [9.17, 15) is 19.8 Å². The minimum absolute atomic E-state index is 0. The van der Waals surface area contributed by atoms with Crippen LogP contribution in [0.1, 0.15) is 13.8 Å². The minimum atomic E-state index is -1.44. The van der Waals surface area contributed by atoms with Gasteiger partial charge in [0.25, 0.3) is 0 Å². The number of aliphatic carboxylic acids is 2. The number of aromatic amines is 1. The number of H-pyrrole nitrogens is 1. The van der Waals surface area contributed by atoms with Crippen molar-refractivity contribution >= 4 is 11.9 Å². The molecule has 1 heterocycles. The Labute approximate surface area is 114 Å². The van der Waals surface area contributed by atoms with E-state index in [0.29, 0.717) is 0 Å². The summed E-state index contributed by atoms with van der Waals surface area (Å²) in [6, 6.07) is 0. The molecular formula is C9H14CuN2O6. The van der Waals surface area contributed by atoms with Crippen LogP contribution in [-0.4, -0.2) is 44.3 Å². The van der Waals surface area contributed by atoms with E-state index >= 15 is 0 Å². The number of nitrogens with one attached hydrogen (secondary N) is 1. The van der Waals surface area contributed by atoms with Crippen LogP contribution < -0.4 is 10.2 Å². The summed E-state index contributed by atoms with van der Waals surface area (Å²) >= 11 is 0. The van der Waals surface area contributed by atoms with Gasteiger partial charge in [-0.2, -0.15) is 0 Å². The molecule has 1 aromatic heterocycles. The van der Waals surface area contributed by atoms with Crippen LogP contribution in [0.2, 0.25) is 0 Å². The molecule has 0 saturated carbocycles. The molecule has 0 spiro atoms. The van der Waals surface area contributed by atoms with Gasteiger partial charge in [-0.15, -0.1) is 0 Å². The van der Waals surface area contributed by atoms with Crippen LogP contribution in [0.15, 0.2) is 18.7 Å². The summed E-state index contributed by atoms with van der Waals surface area (Å²) < 4.78 is 0. The van der Waals surface area contributed by atoms with Crippen molar-refractivity contribution in [2.24, 2.45) is 0 Å². The average Bonchev–Trinajstić information content (AvgIpc) is 2.75. The van der Waals surface area contributed by atoms with Gasteiger partial charge >= 0.3 is 17.1 Å². The van der Waals surface area contributed by atoms with E-state index in [1.54, 1.807) is 18.7 Å². The first kappa shape index (κ1) is 21.8. The number of carboxylic acids is 2. The van der Waals surface area contributed by atoms with Gasteiger partial charge in [0.1, 0.15) is 0 Å². The number of nitrogens with zero attached hydrogens (tertiary/aromatic N) is 1. The zero-order valence-corrected chi connectivity index (χ0v) is 10.6. The number of carbonyl (C=O) groups excluding carboxylic acids is 2. The van der Waals surface area contributed by atoms with Crippen LogP contribution >= 0.6 is 0 Å². The Morgan fingerprint density at radius 2 is 1.50 bits per heavy atom. The Balaban J connectivity index is -0.000000183. The predicted molar refractivity (Wildman–Crippen MR) is 52.0 cm³/mol. The molecule has 2 atom stereocenters. The van der Waals surface area contributed by atoms with Crippen molar-refractivity contribution in [1.29, 1.82) is 0 Å². The van der Waals surface area contributed by atoms with Gasteiger partial charge < -0.3 is 35.0 Å². The van der Waals surface area contributed by atoms with Crippen molar-refractivity contribution in [3.8, 4) is 0 Å². The van der Waals surface area contributed by atoms with Gasteiger partial charge in [-0.1, -0.05) is 0 Å². The number of hydrogen-bond donors (Lipinski definition) is 3. The zero-order chi connectivity index (χ0) is 13.8. The van der Waals surface area contributed by atoms with Gasteiger partial charge in [-0.25, -0.2) is 4.98 Å². The Kier molecular flexibility index (Phi) is 16.6. The molecule has 0 aliphatic heterocycles. The smallest absolute Gasteiger partial charge is 0.547 e. The van der Waals surface area contributed by atoms with Gasteiger partial charge in [0.2, 0.25) is 0 Å². The van der Waals surface area contributed by atoms with E-state index in [1.807, 2.05) is 0 Å². The molecule has 18 heavy (non-hydrogen) atoms. The maximum atomic E-state index is 9.34. The Hall–Kier alpha value is -1.41. The largest absolute Gasteiger partial charge is 2.00 e. The molecule has 0 bridgehead atoms. The molecule has 107 valence electrons. The summed E-state index contributed by atoms with van der Waals surface area (Å²) in [5.74, 6) is -2.87. The molecule has 3 N–H and O–H groups in total. The second kappa shape index (κ2) is 13.7. The second-order valence-corrected chi connectivity index (χ2v) is 2.75. The number of aliphatic hydroxyl groups excluding tert-OH is 2. The average molecular weight is 310 g/mol. The van der Waals surface area contributed by atoms with Crippen molar-refractivity contribution in [3.05, 3.63) is 18.7 Å². The standard InChI is InChI=1S/C3H4N2.2C3H6O3.Cu/c1-2-5-3-4-1;2*1-2(4)3(5)6;/h1-3H,(H,4,5);2*2,4H,1H3,(H,5,6);/q;;;+2/p-2/t;2*2-;/m.00./s1. The first-order chi connectivity index (χ1) is 7.79. The van der Waals surface area contributed by atoms with E-state index in [4.69, 9.17) is 10.2 Å². The molecule has 8 nitrogen and oxygen atoms in total. The number of rotatable bonds is 2. The first-order valence-corrected chi connectivity index (χ1v) is 4.49. The summed E-state index contributed by atoms with van der Waals surface area (Å²) in [5, 5.41) is 34.6. The Bertz CT molecular complexity index is 267. The SMILES string of the molecule is C[C@H](O)C(=O)[O-].C[C@H](O)C(=O)[O-].[Cu+2].c1c[nH]cn1. The molecule has 0 unspecified atom stereocenters. The van der Waals surface area contributed by atoms with Crippen molar-refractivity contribution in [2.75, 3.05) is 0 Å². The summed E-state index contributed by atoms with van der Waals surface area (Å²) in [6.07, 6.45) is 2.40. The molecule has 1 rings (SSSR count). The number of aliphatic hydroxyl groups is 2. The van der Waals surface area contributed by atoms with E-state index in [1.165, 1.54) is 0 Å². The molecule has 0 saturated heterocycles. The zero-order valence-electron chi connectivity index (χ0n) is 9.66. The van der Waals surface area contributed by atoms with E-state index in [2.05, 4.69) is 9.97 Å². The van der Waals surface area contributed by atoms with Crippen molar-refractivity contribution < 1.29 is 47.1 Å². The minimum Gasteiger partial charge on any atom is -0.547 e. The fourth-order valence-corrected chi connectivity index (χ4v) is 0.215. The number of carboxylic acid groups (broad SMARTS) is 2. The van der Waals surface area contributed by atoms with Gasteiger partial charge in [-0.05, 0) is 13.8 Å². The second-order valence-electron chi connectivity index (χ2n) is 2.75. The van der Waals surface area contributed by atoms with Gasteiger partial charge in [0.05, 0.1) is 30.5 Å². The molecule has 1 aromatic rings. The molecule has 0 amide bonds. The molecule has 0 aliphatic carbocycles. The number of carbonyl (C=O) groups is 2. The van der Waals surface area contributed by atoms with E-state index in [-0.39, 0.29) is 17.1 Å². The van der Waals surface area contributed by atoms with Crippen LogP contribution in [0.3, 0.4) is 0 Å². The number of hydrogen-bond acceptors (Lipinski definition) is 7. The van der Waals surface area contributed by atoms with Crippen LogP contribution in [0, 0.1) is 0 Å². The number of imidazole rings is 1. The summed E-state index contributed by atoms with van der Waals surface area (Å²) in [4.78, 5) is 25.1. The van der Waals surface area contributed by atoms with Crippen LogP contribution in [0.5, 0.6) is 0 Å². The van der Waals surface area contributed by atoms with Gasteiger partial charge in [0, 0.05) is 12.4 Å². The van der Waals surface area contributed by atoms with E-state index < -0.39 is 24.1 Å². The van der Waals surface area contributed by atoms with Crippen molar-refractivity contribution in [3.63, 3.8) is 0 Å². The normalized spacial score (nSPS) is 11.3. The van der Waals surface area contributed by atoms with Crippen LogP contribution in [0.25, 0.3) is 0 Å².